The fourth-order valence-corrected chi connectivity index (χ4v) is 13.9. The summed E-state index contributed by atoms with van der Waals surface area (Å²) in [5.74, 6) is 0. The Labute approximate surface area is 367 Å². The molecule has 0 N–H and O–H groups in total. The first-order valence-electron chi connectivity index (χ1n) is 22.6. The predicted molar refractivity (Wildman–Crippen MR) is 267 cm³/mol. The largest absolute Gasteiger partial charge is 0.375 e. The normalized spacial score (nSPS) is 15.6. The highest BCUT2D eigenvalue weighted by atomic mass is 32.1. The van der Waals surface area contributed by atoms with Crippen LogP contribution in [0, 0.1) is 0 Å². The van der Waals surface area contributed by atoms with Gasteiger partial charge >= 0.3 is 6.85 Å². The van der Waals surface area contributed by atoms with E-state index in [9.17, 15) is 0 Å². The zero-order valence-electron chi connectivity index (χ0n) is 35.9. The molecule has 4 aliphatic rings. The smallest absolute Gasteiger partial charge is 0.333 e. The number of benzene rings is 8. The van der Waals surface area contributed by atoms with E-state index in [-0.39, 0.29) is 17.7 Å². The Morgan fingerprint density at radius 2 is 1.23 bits per heavy atom. The van der Waals surface area contributed by atoms with Gasteiger partial charge in [-0.2, -0.15) is 0 Å². The molecule has 0 saturated heterocycles. The summed E-state index contributed by atoms with van der Waals surface area (Å²) in [5, 5.41) is 5.42. The first-order valence-corrected chi connectivity index (χ1v) is 23.4. The number of hydrogen-bond acceptors (Lipinski definition) is 2. The number of unbranched alkanes of at least 4 members (excludes halogenated alkanes) is 1. The van der Waals surface area contributed by atoms with E-state index in [1.165, 1.54) is 144 Å². The van der Waals surface area contributed by atoms with Crippen molar-refractivity contribution in [1.82, 2.24) is 4.48 Å². The molecule has 4 heteroatoms. The molecule has 0 saturated carbocycles. The molecule has 0 bridgehead atoms. The molecule has 2 aliphatic heterocycles. The second-order valence-corrected chi connectivity index (χ2v) is 20.5. The molecule has 4 heterocycles. The molecule has 10 aromatic rings. The SMILES string of the molecule is CCCCc1cc2c3c(c1)c1ccccc1n3B1c3cc4c(cc3N(c3ccc5c(c3)-c3ccccc3C5(C)C)c3cc5c(sc6ccccc65)c-2c31)-c1ccccc1C4(C)C. The van der Waals surface area contributed by atoms with Crippen molar-refractivity contribution in [1.29, 1.82) is 0 Å². The summed E-state index contributed by atoms with van der Waals surface area (Å²) >= 11 is 1.98. The van der Waals surface area contributed by atoms with Gasteiger partial charge in [0.15, 0.2) is 0 Å². The van der Waals surface area contributed by atoms with Gasteiger partial charge in [-0.25, -0.2) is 0 Å². The van der Waals surface area contributed by atoms with Crippen molar-refractivity contribution in [3.63, 3.8) is 0 Å². The summed E-state index contributed by atoms with van der Waals surface area (Å²) in [5.41, 5.74) is 24.4. The van der Waals surface area contributed by atoms with E-state index >= 15 is 0 Å². The molecule has 62 heavy (non-hydrogen) atoms. The maximum absolute atomic E-state index is 2.76. The lowest BCUT2D eigenvalue weighted by Gasteiger charge is -2.41. The summed E-state index contributed by atoms with van der Waals surface area (Å²) in [6.45, 7) is 11.9. The van der Waals surface area contributed by atoms with Gasteiger partial charge in [-0.1, -0.05) is 138 Å². The average Bonchev–Trinajstić information content (AvgIpc) is 3.97. The molecule has 2 nitrogen and oxygen atoms in total. The minimum absolute atomic E-state index is 0.0175. The van der Waals surface area contributed by atoms with Crippen LogP contribution in [0.1, 0.15) is 75.3 Å². The van der Waals surface area contributed by atoms with E-state index < -0.39 is 0 Å². The standard InChI is InChI=1S/C58H45BN2S/c1-6-7-16-33-27-41-37-19-10-14-23-49(37)61-55(41)43(28-33)53-54-51(31-42-38-20-11-15-24-52(38)62-56(42)53)60(34-25-26-46-39(29-34)35-17-8-12-21-44(35)57(46,2)3)50-30-40-36-18-9-13-22-45(36)58(4,5)47(40)32-48(50)59(54)61/h8-15,17-32H,6-7,16H2,1-5H3. The van der Waals surface area contributed by atoms with Crippen LogP contribution >= 0.6 is 11.3 Å². The molecule has 0 amide bonds. The first kappa shape index (κ1) is 35.3. The highest BCUT2D eigenvalue weighted by molar-refractivity contribution is 7.26. The number of anilines is 3. The van der Waals surface area contributed by atoms with Crippen molar-refractivity contribution in [2.75, 3.05) is 4.90 Å². The van der Waals surface area contributed by atoms with Crippen LogP contribution in [0.5, 0.6) is 0 Å². The Balaban J connectivity index is 1.17. The van der Waals surface area contributed by atoms with Crippen LogP contribution in [0.25, 0.3) is 75.4 Å². The lowest BCUT2D eigenvalue weighted by molar-refractivity contribution is 0.660. The molecule has 0 spiro atoms. The molecule has 0 atom stereocenters. The van der Waals surface area contributed by atoms with Gasteiger partial charge in [0.25, 0.3) is 0 Å². The average molecular weight is 813 g/mol. The van der Waals surface area contributed by atoms with Gasteiger partial charge in [0.1, 0.15) is 0 Å². The summed E-state index contributed by atoms with van der Waals surface area (Å²) in [6, 6.07) is 56.8. The summed E-state index contributed by atoms with van der Waals surface area (Å²) in [6.07, 6.45) is 3.44. The molecular formula is C58H45BN2S. The summed E-state index contributed by atoms with van der Waals surface area (Å²) in [4.78, 5) is 2.67. The van der Waals surface area contributed by atoms with E-state index in [1.54, 1.807) is 0 Å². The molecule has 8 aromatic carbocycles. The van der Waals surface area contributed by atoms with Gasteiger partial charge in [-0.3, -0.25) is 0 Å². The van der Waals surface area contributed by atoms with Gasteiger partial charge in [0, 0.05) is 81.0 Å². The van der Waals surface area contributed by atoms with Crippen LogP contribution in [-0.2, 0) is 17.3 Å². The number of para-hydroxylation sites is 1. The Bertz CT molecular complexity index is 3650. The Hall–Kier alpha value is -6.36. The topological polar surface area (TPSA) is 8.17 Å². The molecule has 0 radical (unpaired) electrons. The van der Waals surface area contributed by atoms with Gasteiger partial charge in [-0.15, -0.1) is 11.3 Å². The third-order valence-electron chi connectivity index (χ3n) is 15.5. The van der Waals surface area contributed by atoms with E-state index in [0.717, 1.165) is 6.42 Å². The lowest BCUT2D eigenvalue weighted by atomic mass is 9.44. The zero-order valence-corrected chi connectivity index (χ0v) is 36.7. The molecular weight excluding hydrogens is 768 g/mol. The van der Waals surface area contributed by atoms with Crippen molar-refractivity contribution in [2.45, 2.75) is 64.7 Å². The van der Waals surface area contributed by atoms with E-state index in [4.69, 9.17) is 0 Å². The van der Waals surface area contributed by atoms with Crippen molar-refractivity contribution in [2.24, 2.45) is 0 Å². The first-order chi connectivity index (χ1) is 30.2. The zero-order chi connectivity index (χ0) is 41.4. The number of rotatable bonds is 4. The quantitative estimate of drug-likeness (QED) is 0.161. The van der Waals surface area contributed by atoms with Crippen LogP contribution in [0.3, 0.4) is 0 Å². The predicted octanol–water partition coefficient (Wildman–Crippen LogP) is 14.5. The Morgan fingerprint density at radius 3 is 2.02 bits per heavy atom. The highest BCUT2D eigenvalue weighted by Crippen LogP contribution is 2.56. The monoisotopic (exact) mass is 812 g/mol. The summed E-state index contributed by atoms with van der Waals surface area (Å²) in [7, 11) is 0. The molecule has 2 aromatic heterocycles. The molecule has 0 unspecified atom stereocenters. The fourth-order valence-electron chi connectivity index (χ4n) is 12.6. The van der Waals surface area contributed by atoms with Crippen molar-refractivity contribution in [3.8, 4) is 33.4 Å². The van der Waals surface area contributed by atoms with Crippen LogP contribution in [-0.4, -0.2) is 11.3 Å². The maximum atomic E-state index is 2.76. The number of hydrogen-bond donors (Lipinski definition) is 0. The lowest BCUT2D eigenvalue weighted by Crippen LogP contribution is -2.57. The molecule has 296 valence electrons. The number of fused-ring (bicyclic) bond motifs is 17. The van der Waals surface area contributed by atoms with Crippen LogP contribution in [0.4, 0.5) is 17.1 Å². The Morgan fingerprint density at radius 1 is 0.548 bits per heavy atom. The minimum Gasteiger partial charge on any atom is -0.375 e. The second-order valence-electron chi connectivity index (χ2n) is 19.5. The molecule has 0 fully saturated rings. The van der Waals surface area contributed by atoms with E-state index in [2.05, 4.69) is 190 Å². The van der Waals surface area contributed by atoms with Crippen molar-refractivity contribution < 1.29 is 0 Å². The minimum atomic E-state index is -0.137. The van der Waals surface area contributed by atoms with Gasteiger partial charge in [-0.05, 0) is 122 Å². The van der Waals surface area contributed by atoms with Crippen LogP contribution < -0.4 is 15.8 Å². The van der Waals surface area contributed by atoms with Gasteiger partial charge < -0.3 is 9.38 Å². The fraction of sp³-hybridized carbons (Fsp3) is 0.172. The van der Waals surface area contributed by atoms with Crippen molar-refractivity contribution >= 4 is 88.2 Å². The van der Waals surface area contributed by atoms with Crippen LogP contribution in [0.2, 0.25) is 0 Å². The number of aryl methyl sites for hydroxylation is 1. The second kappa shape index (κ2) is 12.0. The third kappa shape index (κ3) is 4.27. The maximum Gasteiger partial charge on any atom is 0.333 e. The summed E-state index contributed by atoms with van der Waals surface area (Å²) < 4.78 is 5.51. The highest BCUT2D eigenvalue weighted by Gasteiger charge is 2.47. The van der Waals surface area contributed by atoms with Crippen molar-refractivity contribution in [3.05, 3.63) is 173 Å². The number of thiophene rings is 1. The molecule has 14 rings (SSSR count). The number of aromatic nitrogens is 1. The van der Waals surface area contributed by atoms with Gasteiger partial charge in [0.05, 0.1) is 0 Å². The third-order valence-corrected chi connectivity index (χ3v) is 16.7. The van der Waals surface area contributed by atoms with E-state index in [0.29, 0.717) is 0 Å². The molecule has 2 aliphatic carbocycles. The number of nitrogens with zero attached hydrogens (tertiary/aromatic N) is 2. The Kier molecular flexibility index (Phi) is 6.80. The van der Waals surface area contributed by atoms with Gasteiger partial charge in [0.2, 0.25) is 0 Å². The van der Waals surface area contributed by atoms with E-state index in [1.807, 2.05) is 11.3 Å². The van der Waals surface area contributed by atoms with Crippen LogP contribution in [0.15, 0.2) is 146 Å².